The Morgan fingerprint density at radius 3 is 2.65 bits per heavy atom. The van der Waals surface area contributed by atoms with Crippen LogP contribution in [0.4, 0.5) is 11.4 Å². The number of hydrogen-bond acceptors (Lipinski definition) is 5. The monoisotopic (exact) mass is 353 g/mol. The smallest absolute Gasteiger partial charge is 0.238 e. The third kappa shape index (κ3) is 3.75. The molecule has 0 aromatic heterocycles. The zero-order valence-corrected chi connectivity index (χ0v) is 14.9. The summed E-state index contributed by atoms with van der Waals surface area (Å²) in [6.45, 7) is 6.36. The van der Waals surface area contributed by atoms with Gasteiger partial charge in [0.1, 0.15) is 0 Å². The Morgan fingerprint density at radius 1 is 1.04 bits per heavy atom. The van der Waals surface area contributed by atoms with Gasteiger partial charge in [-0.05, 0) is 36.8 Å². The fourth-order valence-electron chi connectivity index (χ4n) is 3.37. The van der Waals surface area contributed by atoms with Gasteiger partial charge in [-0.1, -0.05) is 12.1 Å². The first-order valence-electron chi connectivity index (χ1n) is 8.91. The minimum Gasteiger partial charge on any atom is -0.454 e. The first-order chi connectivity index (χ1) is 12.7. The lowest BCUT2D eigenvalue weighted by Gasteiger charge is -2.35. The van der Waals surface area contributed by atoms with E-state index in [9.17, 15) is 4.79 Å². The molecule has 0 saturated carbocycles. The summed E-state index contributed by atoms with van der Waals surface area (Å²) in [6, 6.07) is 14.0. The highest BCUT2D eigenvalue weighted by atomic mass is 16.7. The minimum atomic E-state index is -0.00660. The molecule has 0 aliphatic carbocycles. The summed E-state index contributed by atoms with van der Waals surface area (Å²) >= 11 is 0. The maximum Gasteiger partial charge on any atom is 0.238 e. The van der Waals surface area contributed by atoms with Crippen LogP contribution < -0.4 is 19.7 Å². The van der Waals surface area contributed by atoms with Crippen molar-refractivity contribution in [3.63, 3.8) is 0 Å². The topological polar surface area (TPSA) is 54.0 Å². The van der Waals surface area contributed by atoms with Crippen LogP contribution in [0.15, 0.2) is 42.5 Å². The first kappa shape index (κ1) is 16.7. The Balaban J connectivity index is 1.28. The number of aryl methyl sites for hydroxylation is 1. The molecule has 136 valence electrons. The van der Waals surface area contributed by atoms with Gasteiger partial charge in [-0.15, -0.1) is 0 Å². The second-order valence-electron chi connectivity index (χ2n) is 6.72. The molecule has 6 heteroatoms. The van der Waals surface area contributed by atoms with E-state index in [1.807, 2.05) is 12.1 Å². The number of piperazine rings is 1. The Morgan fingerprint density at radius 2 is 1.85 bits per heavy atom. The number of carbonyl (C=O) groups is 1. The predicted molar refractivity (Wildman–Crippen MR) is 101 cm³/mol. The summed E-state index contributed by atoms with van der Waals surface area (Å²) in [4.78, 5) is 16.9. The molecule has 2 aromatic rings. The van der Waals surface area contributed by atoms with Gasteiger partial charge in [-0.25, -0.2) is 0 Å². The maximum atomic E-state index is 12.3. The lowest BCUT2D eigenvalue weighted by Crippen LogP contribution is -2.48. The van der Waals surface area contributed by atoms with Gasteiger partial charge < -0.3 is 19.7 Å². The highest BCUT2D eigenvalue weighted by molar-refractivity contribution is 5.92. The van der Waals surface area contributed by atoms with E-state index in [1.54, 1.807) is 6.07 Å². The van der Waals surface area contributed by atoms with Crippen molar-refractivity contribution in [2.75, 3.05) is 49.7 Å². The van der Waals surface area contributed by atoms with Crippen LogP contribution in [0, 0.1) is 6.92 Å². The largest absolute Gasteiger partial charge is 0.454 e. The van der Waals surface area contributed by atoms with E-state index >= 15 is 0 Å². The molecule has 4 rings (SSSR count). The quantitative estimate of drug-likeness (QED) is 0.915. The zero-order valence-electron chi connectivity index (χ0n) is 14.9. The lowest BCUT2D eigenvalue weighted by atomic mass is 10.2. The molecule has 0 unspecified atom stereocenters. The zero-order chi connectivity index (χ0) is 17.9. The van der Waals surface area contributed by atoms with Gasteiger partial charge >= 0.3 is 0 Å². The molecule has 0 radical (unpaired) electrons. The molecule has 2 aliphatic rings. The standard InChI is InChI=1S/C20H23N3O3/c1-15-3-2-4-17(11-15)23-9-7-22(8-10-23)13-20(24)21-16-5-6-18-19(12-16)26-14-25-18/h2-6,11-12H,7-10,13-14H2,1H3,(H,21,24). The van der Waals surface area contributed by atoms with E-state index in [0.717, 1.165) is 37.6 Å². The number of carbonyl (C=O) groups excluding carboxylic acids is 1. The van der Waals surface area contributed by atoms with Gasteiger partial charge in [0.05, 0.1) is 6.54 Å². The van der Waals surface area contributed by atoms with Gasteiger partial charge in [0.15, 0.2) is 11.5 Å². The van der Waals surface area contributed by atoms with Gasteiger partial charge in [-0.2, -0.15) is 0 Å². The summed E-state index contributed by atoms with van der Waals surface area (Å²) in [5, 5.41) is 2.94. The number of fused-ring (bicyclic) bond motifs is 1. The van der Waals surface area contributed by atoms with Crippen molar-refractivity contribution in [1.82, 2.24) is 4.90 Å². The van der Waals surface area contributed by atoms with Crippen LogP contribution in [0.1, 0.15) is 5.56 Å². The molecule has 1 N–H and O–H groups in total. The summed E-state index contributed by atoms with van der Waals surface area (Å²) in [5.41, 5.74) is 3.26. The van der Waals surface area contributed by atoms with Crippen molar-refractivity contribution >= 4 is 17.3 Å². The molecular formula is C20H23N3O3. The number of nitrogens with one attached hydrogen (secondary N) is 1. The molecule has 2 aliphatic heterocycles. The third-order valence-corrected chi connectivity index (χ3v) is 4.76. The minimum absolute atomic E-state index is 0.00660. The van der Waals surface area contributed by atoms with E-state index in [2.05, 4.69) is 46.3 Å². The second kappa shape index (κ2) is 7.25. The SMILES string of the molecule is Cc1cccc(N2CCN(CC(=O)Nc3ccc4c(c3)OCO4)CC2)c1. The number of benzene rings is 2. The van der Waals surface area contributed by atoms with Crippen molar-refractivity contribution in [1.29, 1.82) is 0 Å². The molecule has 6 nitrogen and oxygen atoms in total. The Labute approximate surface area is 153 Å². The predicted octanol–water partition coefficient (Wildman–Crippen LogP) is 2.48. The normalized spacial score (nSPS) is 16.6. The van der Waals surface area contributed by atoms with E-state index in [4.69, 9.17) is 9.47 Å². The number of ether oxygens (including phenoxy) is 2. The number of amides is 1. The average molecular weight is 353 g/mol. The Hall–Kier alpha value is -2.73. The van der Waals surface area contributed by atoms with Crippen molar-refractivity contribution in [3.05, 3.63) is 48.0 Å². The number of rotatable bonds is 4. The number of anilines is 2. The van der Waals surface area contributed by atoms with Crippen molar-refractivity contribution in [3.8, 4) is 11.5 Å². The number of hydrogen-bond donors (Lipinski definition) is 1. The van der Waals surface area contributed by atoms with Crippen LogP contribution in [0.3, 0.4) is 0 Å². The fraction of sp³-hybridized carbons (Fsp3) is 0.350. The van der Waals surface area contributed by atoms with E-state index in [-0.39, 0.29) is 12.7 Å². The second-order valence-corrected chi connectivity index (χ2v) is 6.72. The average Bonchev–Trinajstić information content (AvgIpc) is 3.10. The number of nitrogens with zero attached hydrogens (tertiary/aromatic N) is 2. The van der Waals surface area contributed by atoms with Crippen molar-refractivity contribution in [2.45, 2.75) is 6.92 Å². The van der Waals surface area contributed by atoms with Crippen LogP contribution in [0.2, 0.25) is 0 Å². The maximum absolute atomic E-state index is 12.3. The van der Waals surface area contributed by atoms with Gasteiger partial charge in [-0.3, -0.25) is 9.69 Å². The molecule has 1 fully saturated rings. The molecular weight excluding hydrogens is 330 g/mol. The fourth-order valence-corrected chi connectivity index (χ4v) is 3.37. The van der Waals surface area contributed by atoms with Crippen LogP contribution in [-0.2, 0) is 4.79 Å². The van der Waals surface area contributed by atoms with Crippen molar-refractivity contribution in [2.24, 2.45) is 0 Å². The van der Waals surface area contributed by atoms with Crippen molar-refractivity contribution < 1.29 is 14.3 Å². The van der Waals surface area contributed by atoms with Crippen LogP contribution >= 0.6 is 0 Å². The van der Waals surface area contributed by atoms with Crippen LogP contribution in [-0.4, -0.2) is 50.3 Å². The molecule has 26 heavy (non-hydrogen) atoms. The van der Waals surface area contributed by atoms with Gasteiger partial charge in [0.2, 0.25) is 12.7 Å². The van der Waals surface area contributed by atoms with E-state index in [1.165, 1.54) is 11.3 Å². The lowest BCUT2D eigenvalue weighted by molar-refractivity contribution is -0.117. The summed E-state index contributed by atoms with van der Waals surface area (Å²) in [6.07, 6.45) is 0. The van der Waals surface area contributed by atoms with E-state index < -0.39 is 0 Å². The highest BCUT2D eigenvalue weighted by Gasteiger charge is 2.20. The summed E-state index contributed by atoms with van der Waals surface area (Å²) in [7, 11) is 0. The molecule has 1 amide bonds. The van der Waals surface area contributed by atoms with Crippen LogP contribution in [0.5, 0.6) is 11.5 Å². The molecule has 2 heterocycles. The first-order valence-corrected chi connectivity index (χ1v) is 8.91. The highest BCUT2D eigenvalue weighted by Crippen LogP contribution is 2.34. The Kier molecular flexibility index (Phi) is 4.67. The summed E-state index contributed by atoms with van der Waals surface area (Å²) in [5.74, 6) is 1.39. The molecule has 0 spiro atoms. The Bertz CT molecular complexity index is 801. The van der Waals surface area contributed by atoms with E-state index in [0.29, 0.717) is 12.3 Å². The molecule has 1 saturated heterocycles. The molecule has 0 atom stereocenters. The van der Waals surface area contributed by atoms with Crippen LogP contribution in [0.25, 0.3) is 0 Å². The molecule has 2 aromatic carbocycles. The molecule has 0 bridgehead atoms. The van der Waals surface area contributed by atoms with Gasteiger partial charge in [0, 0.05) is 43.6 Å². The summed E-state index contributed by atoms with van der Waals surface area (Å²) < 4.78 is 10.6. The van der Waals surface area contributed by atoms with Gasteiger partial charge in [0.25, 0.3) is 0 Å². The third-order valence-electron chi connectivity index (χ3n) is 4.76.